The molecule has 2 aliphatic rings. The zero-order valence-corrected chi connectivity index (χ0v) is 18.3. The highest BCUT2D eigenvalue weighted by Gasteiger charge is 2.42. The molecule has 170 valence electrons. The van der Waals surface area contributed by atoms with E-state index in [-0.39, 0.29) is 30.2 Å². The maximum Gasteiger partial charge on any atom is 0.253 e. The lowest BCUT2D eigenvalue weighted by molar-refractivity contribution is -0.124. The second kappa shape index (κ2) is 8.67. The lowest BCUT2D eigenvalue weighted by atomic mass is 10.1. The Bertz CT molecular complexity index is 1210. The van der Waals surface area contributed by atoms with Crippen molar-refractivity contribution in [2.45, 2.75) is 38.3 Å². The van der Waals surface area contributed by atoms with Crippen LogP contribution in [0, 0.1) is 0 Å². The van der Waals surface area contributed by atoms with E-state index >= 15 is 0 Å². The highest BCUT2D eigenvalue weighted by Crippen LogP contribution is 2.37. The van der Waals surface area contributed by atoms with Crippen molar-refractivity contribution in [3.63, 3.8) is 0 Å². The topological polar surface area (TPSA) is 106 Å². The first kappa shape index (κ1) is 21.1. The van der Waals surface area contributed by atoms with Crippen LogP contribution in [0.25, 0.3) is 11.0 Å². The minimum atomic E-state index is -0.674. The normalized spacial score (nSPS) is 19.7. The van der Waals surface area contributed by atoms with E-state index < -0.39 is 6.04 Å². The second-order valence-electron chi connectivity index (χ2n) is 8.38. The Hall–Kier alpha value is -3.72. The van der Waals surface area contributed by atoms with Crippen LogP contribution in [0.1, 0.15) is 32.2 Å². The number of rotatable bonds is 6. The number of para-hydroxylation sites is 2. The number of imidazole rings is 1. The van der Waals surface area contributed by atoms with Gasteiger partial charge in [-0.25, -0.2) is 4.98 Å². The molecule has 9 heteroatoms. The molecule has 0 spiro atoms. The molecular formula is C24H25N5O4. The van der Waals surface area contributed by atoms with Crippen LogP contribution in [-0.4, -0.2) is 46.5 Å². The van der Waals surface area contributed by atoms with Crippen LogP contribution < -0.4 is 15.5 Å². The number of ether oxygens (including phenoxy) is 1. The highest BCUT2D eigenvalue weighted by molar-refractivity contribution is 6.05. The van der Waals surface area contributed by atoms with E-state index in [4.69, 9.17) is 4.74 Å². The minimum Gasteiger partial charge on any atom is -0.376 e. The van der Waals surface area contributed by atoms with E-state index in [1.165, 1.54) is 6.92 Å². The molecule has 3 amide bonds. The van der Waals surface area contributed by atoms with Crippen LogP contribution in [0.3, 0.4) is 0 Å². The Labute approximate surface area is 190 Å². The molecule has 1 aromatic heterocycles. The zero-order valence-electron chi connectivity index (χ0n) is 18.3. The summed E-state index contributed by atoms with van der Waals surface area (Å²) in [5.41, 5.74) is 2.85. The number of carbonyl (C=O) groups is 3. The van der Waals surface area contributed by atoms with Gasteiger partial charge in [-0.1, -0.05) is 12.1 Å². The molecule has 2 aliphatic heterocycles. The van der Waals surface area contributed by atoms with Crippen LogP contribution in [0.5, 0.6) is 0 Å². The first-order valence-corrected chi connectivity index (χ1v) is 11.1. The Morgan fingerprint density at radius 1 is 1.09 bits per heavy atom. The predicted molar refractivity (Wildman–Crippen MR) is 124 cm³/mol. The number of benzene rings is 2. The average molecular weight is 447 g/mol. The van der Waals surface area contributed by atoms with Crippen LogP contribution in [0.4, 0.5) is 17.3 Å². The molecule has 0 bridgehead atoms. The third-order valence-corrected chi connectivity index (χ3v) is 5.96. The van der Waals surface area contributed by atoms with Crippen LogP contribution in [-0.2, 0) is 19.1 Å². The van der Waals surface area contributed by atoms with E-state index in [0.717, 1.165) is 23.9 Å². The van der Waals surface area contributed by atoms with Crippen LogP contribution in [0.15, 0.2) is 48.5 Å². The fraction of sp³-hybridized carbons (Fsp3) is 0.333. The van der Waals surface area contributed by atoms with E-state index in [9.17, 15) is 14.4 Å². The molecule has 3 aromatic rings. The van der Waals surface area contributed by atoms with Gasteiger partial charge in [0.2, 0.25) is 17.8 Å². The van der Waals surface area contributed by atoms with Gasteiger partial charge < -0.3 is 15.4 Å². The fourth-order valence-corrected chi connectivity index (χ4v) is 4.49. The van der Waals surface area contributed by atoms with Gasteiger partial charge in [0.15, 0.2) is 0 Å². The van der Waals surface area contributed by atoms with Crippen molar-refractivity contribution >= 4 is 46.1 Å². The summed E-state index contributed by atoms with van der Waals surface area (Å²) in [5, 5.41) is 5.54. The molecule has 2 atom stereocenters. The molecule has 0 saturated carbocycles. The van der Waals surface area contributed by atoms with Crippen LogP contribution >= 0.6 is 0 Å². The first-order valence-electron chi connectivity index (χ1n) is 11.1. The molecular weight excluding hydrogens is 422 g/mol. The van der Waals surface area contributed by atoms with Crippen molar-refractivity contribution in [1.29, 1.82) is 0 Å². The quantitative estimate of drug-likeness (QED) is 0.604. The molecule has 2 N–H and O–H groups in total. The van der Waals surface area contributed by atoms with Crippen molar-refractivity contribution in [2.24, 2.45) is 0 Å². The Morgan fingerprint density at radius 2 is 1.82 bits per heavy atom. The maximum absolute atomic E-state index is 13.4. The summed E-state index contributed by atoms with van der Waals surface area (Å²) in [6.07, 6.45) is 1.86. The van der Waals surface area contributed by atoms with Gasteiger partial charge in [-0.05, 0) is 49.2 Å². The molecule has 5 rings (SSSR count). The molecule has 0 radical (unpaired) electrons. The van der Waals surface area contributed by atoms with Gasteiger partial charge in [-0.2, -0.15) is 0 Å². The number of anilines is 3. The molecule has 0 unspecified atom stereocenters. The molecule has 3 heterocycles. The number of carbonyl (C=O) groups excluding carboxylic acids is 3. The van der Waals surface area contributed by atoms with Crippen molar-refractivity contribution in [3.05, 3.63) is 48.5 Å². The van der Waals surface area contributed by atoms with Crippen molar-refractivity contribution in [2.75, 3.05) is 28.7 Å². The number of fused-ring (bicyclic) bond motifs is 3. The third-order valence-electron chi connectivity index (χ3n) is 5.96. The zero-order chi connectivity index (χ0) is 22.9. The summed E-state index contributed by atoms with van der Waals surface area (Å²) in [5.74, 6) is -0.0187. The summed E-state index contributed by atoms with van der Waals surface area (Å²) in [6, 6.07) is 13.8. The molecule has 9 nitrogen and oxygen atoms in total. The number of aromatic nitrogens is 2. The van der Waals surface area contributed by atoms with Gasteiger partial charge in [0.1, 0.15) is 6.04 Å². The highest BCUT2D eigenvalue weighted by atomic mass is 16.5. The number of hydrogen-bond acceptors (Lipinski definition) is 5. The lowest BCUT2D eigenvalue weighted by Gasteiger charge is -2.19. The second-order valence-corrected chi connectivity index (χ2v) is 8.38. The summed E-state index contributed by atoms with van der Waals surface area (Å²) in [6.45, 7) is 2.57. The Balaban J connectivity index is 1.36. The molecule has 0 aliphatic carbocycles. The first-order chi connectivity index (χ1) is 16.0. The van der Waals surface area contributed by atoms with Crippen molar-refractivity contribution in [3.8, 4) is 0 Å². The molecule has 2 aromatic carbocycles. The number of nitrogens with one attached hydrogen (secondary N) is 2. The largest absolute Gasteiger partial charge is 0.376 e. The predicted octanol–water partition coefficient (Wildman–Crippen LogP) is 3.09. The lowest BCUT2D eigenvalue weighted by Crippen LogP contribution is -2.37. The maximum atomic E-state index is 13.4. The molecule has 1 saturated heterocycles. The van der Waals surface area contributed by atoms with Gasteiger partial charge in [0.25, 0.3) is 5.91 Å². The minimum absolute atomic E-state index is 0.0122. The summed E-state index contributed by atoms with van der Waals surface area (Å²) < 4.78 is 7.61. The standard InChI is InChI=1S/C24H25N5O4/c1-15(30)25-16-8-10-17(11-9-16)26-22(31)13-21-23(32)28(14-18-5-4-12-33-18)24-27-19-6-2-3-7-20(19)29(21)24/h2-3,6-11,18,21H,4-5,12-14H2,1H3,(H,25,30)(H,26,31)/t18-,21+/m0/s1. The summed E-state index contributed by atoms with van der Waals surface area (Å²) >= 11 is 0. The number of hydrogen-bond donors (Lipinski definition) is 2. The van der Waals surface area contributed by atoms with Crippen molar-refractivity contribution < 1.29 is 19.1 Å². The Morgan fingerprint density at radius 3 is 2.52 bits per heavy atom. The summed E-state index contributed by atoms with van der Waals surface area (Å²) in [7, 11) is 0. The van der Waals surface area contributed by atoms with Crippen molar-refractivity contribution in [1.82, 2.24) is 9.55 Å². The smallest absolute Gasteiger partial charge is 0.253 e. The van der Waals surface area contributed by atoms with Gasteiger partial charge in [-0.3, -0.25) is 23.9 Å². The van der Waals surface area contributed by atoms with E-state index in [1.807, 2.05) is 28.8 Å². The SMILES string of the molecule is CC(=O)Nc1ccc(NC(=O)C[C@@H]2C(=O)N(C[C@@H]3CCCO3)c3nc4ccccc4n32)cc1. The fourth-order valence-electron chi connectivity index (χ4n) is 4.49. The van der Waals surface area contributed by atoms with E-state index in [2.05, 4.69) is 15.6 Å². The van der Waals surface area contributed by atoms with Gasteiger partial charge >= 0.3 is 0 Å². The Kier molecular flexibility index (Phi) is 5.55. The van der Waals surface area contributed by atoms with Gasteiger partial charge in [0, 0.05) is 24.9 Å². The average Bonchev–Trinajstić information content (AvgIpc) is 3.49. The van der Waals surface area contributed by atoms with E-state index in [0.29, 0.717) is 30.5 Å². The van der Waals surface area contributed by atoms with Gasteiger partial charge in [0.05, 0.1) is 30.1 Å². The monoisotopic (exact) mass is 447 g/mol. The van der Waals surface area contributed by atoms with Crippen LogP contribution in [0.2, 0.25) is 0 Å². The summed E-state index contributed by atoms with van der Waals surface area (Å²) in [4.78, 5) is 43.8. The number of nitrogens with zero attached hydrogens (tertiary/aromatic N) is 3. The molecule has 33 heavy (non-hydrogen) atoms. The molecule has 1 fully saturated rings. The van der Waals surface area contributed by atoms with E-state index in [1.54, 1.807) is 29.2 Å². The third kappa shape index (κ3) is 4.19. The number of amides is 3. The van der Waals surface area contributed by atoms with Gasteiger partial charge in [-0.15, -0.1) is 0 Å².